The zero-order chi connectivity index (χ0) is 13.6. The van der Waals surface area contributed by atoms with Gasteiger partial charge in [-0.05, 0) is 13.0 Å². The van der Waals surface area contributed by atoms with E-state index in [0.717, 1.165) is 22.2 Å². The second-order valence-electron chi connectivity index (χ2n) is 4.42. The third kappa shape index (κ3) is 1.62. The summed E-state index contributed by atoms with van der Waals surface area (Å²) in [5.74, 6) is -0.611. The number of benzene rings is 1. The van der Waals surface area contributed by atoms with Crippen LogP contribution in [-0.4, -0.2) is 20.8 Å². The summed E-state index contributed by atoms with van der Waals surface area (Å²) in [5, 5.41) is 13.5. The van der Waals surface area contributed by atoms with Crippen LogP contribution < -0.4 is 0 Å². The monoisotopic (exact) mass is 256 g/mol. The Bertz CT molecular complexity index is 783. The molecule has 0 aliphatic rings. The van der Waals surface area contributed by atoms with E-state index in [1.807, 2.05) is 42.8 Å². The average Bonchev–Trinajstić information content (AvgIpc) is 2.96. The number of para-hydroxylation sites is 1. The highest BCUT2D eigenvalue weighted by Gasteiger charge is 2.19. The van der Waals surface area contributed by atoms with Crippen molar-refractivity contribution in [3.63, 3.8) is 0 Å². The van der Waals surface area contributed by atoms with Gasteiger partial charge in [0.05, 0.1) is 0 Å². The van der Waals surface area contributed by atoms with Crippen molar-refractivity contribution in [1.29, 1.82) is 0 Å². The van der Waals surface area contributed by atoms with Crippen molar-refractivity contribution < 1.29 is 14.4 Å². The molecule has 1 aromatic carbocycles. The summed E-state index contributed by atoms with van der Waals surface area (Å²) in [6, 6.07) is 9.37. The van der Waals surface area contributed by atoms with E-state index in [9.17, 15) is 4.79 Å². The lowest BCUT2D eigenvalue weighted by atomic mass is 10.1. The SMILES string of the molecule is Cc1c(-c2cc(C(=O)O)no2)c2ccccc2n1C. The zero-order valence-electron chi connectivity index (χ0n) is 10.5. The van der Waals surface area contributed by atoms with Crippen LogP contribution in [0.2, 0.25) is 0 Å². The highest BCUT2D eigenvalue weighted by molar-refractivity contribution is 5.97. The molecule has 2 heterocycles. The first-order chi connectivity index (χ1) is 9.09. The number of aromatic carboxylic acids is 1. The first-order valence-electron chi connectivity index (χ1n) is 5.84. The maximum absolute atomic E-state index is 10.9. The maximum Gasteiger partial charge on any atom is 0.358 e. The number of aryl methyl sites for hydroxylation is 1. The summed E-state index contributed by atoms with van der Waals surface area (Å²) in [5.41, 5.74) is 2.89. The lowest BCUT2D eigenvalue weighted by molar-refractivity contribution is 0.0686. The Morgan fingerprint density at radius 1 is 1.37 bits per heavy atom. The van der Waals surface area contributed by atoms with Crippen molar-refractivity contribution in [2.24, 2.45) is 7.05 Å². The summed E-state index contributed by atoms with van der Waals surface area (Å²) >= 11 is 0. The molecule has 0 aliphatic carbocycles. The van der Waals surface area contributed by atoms with Crippen molar-refractivity contribution in [1.82, 2.24) is 9.72 Å². The molecular weight excluding hydrogens is 244 g/mol. The minimum Gasteiger partial charge on any atom is -0.476 e. The van der Waals surface area contributed by atoms with Gasteiger partial charge < -0.3 is 14.2 Å². The molecule has 0 saturated carbocycles. The normalized spacial score (nSPS) is 11.1. The minimum absolute atomic E-state index is 0.0812. The van der Waals surface area contributed by atoms with Crippen LogP contribution in [0.5, 0.6) is 0 Å². The summed E-state index contributed by atoms with van der Waals surface area (Å²) in [4.78, 5) is 10.9. The quantitative estimate of drug-likeness (QED) is 0.765. The molecule has 0 spiro atoms. The average molecular weight is 256 g/mol. The van der Waals surface area contributed by atoms with Crippen molar-refractivity contribution in [2.45, 2.75) is 6.92 Å². The summed E-state index contributed by atoms with van der Waals surface area (Å²) < 4.78 is 7.22. The third-order valence-corrected chi connectivity index (χ3v) is 3.38. The van der Waals surface area contributed by atoms with Gasteiger partial charge >= 0.3 is 5.97 Å². The van der Waals surface area contributed by atoms with Gasteiger partial charge in [-0.25, -0.2) is 4.79 Å². The predicted octanol–water partition coefficient (Wildman–Crippen LogP) is 2.84. The first kappa shape index (κ1) is 11.5. The Balaban J connectivity index is 2.29. The van der Waals surface area contributed by atoms with Crippen LogP contribution in [0.4, 0.5) is 0 Å². The third-order valence-electron chi connectivity index (χ3n) is 3.38. The van der Waals surface area contributed by atoms with Crippen LogP contribution in [0.3, 0.4) is 0 Å². The van der Waals surface area contributed by atoms with Gasteiger partial charge in [-0.15, -0.1) is 0 Å². The number of fused-ring (bicyclic) bond motifs is 1. The van der Waals surface area contributed by atoms with Crippen molar-refractivity contribution >= 4 is 16.9 Å². The lowest BCUT2D eigenvalue weighted by Gasteiger charge is -1.97. The molecule has 3 rings (SSSR count). The topological polar surface area (TPSA) is 68.3 Å². The van der Waals surface area contributed by atoms with E-state index in [2.05, 4.69) is 5.16 Å². The number of aromatic nitrogens is 2. The molecule has 0 bridgehead atoms. The van der Waals surface area contributed by atoms with E-state index in [4.69, 9.17) is 9.63 Å². The fourth-order valence-electron chi connectivity index (χ4n) is 2.33. The Kier molecular flexibility index (Phi) is 2.41. The van der Waals surface area contributed by atoms with Crippen molar-refractivity contribution in [3.8, 4) is 11.3 Å². The number of hydrogen-bond donors (Lipinski definition) is 1. The van der Waals surface area contributed by atoms with E-state index in [-0.39, 0.29) is 5.69 Å². The summed E-state index contributed by atoms with van der Waals surface area (Å²) in [6.07, 6.45) is 0. The molecule has 5 nitrogen and oxygen atoms in total. The molecule has 19 heavy (non-hydrogen) atoms. The van der Waals surface area contributed by atoms with Gasteiger partial charge in [-0.1, -0.05) is 23.4 Å². The number of nitrogens with zero attached hydrogens (tertiary/aromatic N) is 2. The molecule has 2 aromatic heterocycles. The van der Waals surface area contributed by atoms with Gasteiger partial charge in [-0.2, -0.15) is 0 Å². The summed E-state index contributed by atoms with van der Waals surface area (Å²) in [6.45, 7) is 1.97. The number of rotatable bonds is 2. The van der Waals surface area contributed by atoms with Gasteiger partial charge in [0.1, 0.15) is 0 Å². The van der Waals surface area contributed by atoms with Crippen molar-refractivity contribution in [2.75, 3.05) is 0 Å². The molecule has 5 heteroatoms. The van der Waals surface area contributed by atoms with Crippen LogP contribution in [0.1, 0.15) is 16.2 Å². The van der Waals surface area contributed by atoms with E-state index in [0.29, 0.717) is 5.76 Å². The first-order valence-corrected chi connectivity index (χ1v) is 5.84. The fraction of sp³-hybridized carbons (Fsp3) is 0.143. The van der Waals surface area contributed by atoms with Gasteiger partial charge in [0.25, 0.3) is 0 Å². The smallest absolute Gasteiger partial charge is 0.358 e. The van der Waals surface area contributed by atoms with Crippen molar-refractivity contribution in [3.05, 3.63) is 41.7 Å². The second kappa shape index (κ2) is 3.98. The Hall–Kier alpha value is -2.56. The van der Waals surface area contributed by atoms with E-state index in [1.165, 1.54) is 6.07 Å². The standard InChI is InChI=1S/C14H12N2O3/c1-8-13(12-7-10(14(17)18)15-19-12)9-5-3-4-6-11(9)16(8)2/h3-7H,1-2H3,(H,17,18). The Morgan fingerprint density at radius 3 is 2.79 bits per heavy atom. The maximum atomic E-state index is 10.9. The van der Waals surface area contributed by atoms with Crippen LogP contribution in [0.15, 0.2) is 34.9 Å². The molecule has 0 fully saturated rings. The Labute approximate surface area is 109 Å². The number of carboxylic acids is 1. The van der Waals surface area contributed by atoms with E-state index in [1.54, 1.807) is 0 Å². The molecule has 96 valence electrons. The van der Waals surface area contributed by atoms with Gasteiger partial charge in [-0.3, -0.25) is 0 Å². The molecule has 0 unspecified atom stereocenters. The van der Waals surface area contributed by atoms with Crippen LogP contribution in [0.25, 0.3) is 22.2 Å². The zero-order valence-corrected chi connectivity index (χ0v) is 10.5. The van der Waals surface area contributed by atoms with Gasteiger partial charge in [0, 0.05) is 35.3 Å². The molecule has 0 amide bonds. The number of carbonyl (C=O) groups is 1. The number of hydrogen-bond acceptors (Lipinski definition) is 3. The van der Waals surface area contributed by atoms with Gasteiger partial charge in [0.15, 0.2) is 11.5 Å². The molecular formula is C14H12N2O3. The lowest BCUT2D eigenvalue weighted by Crippen LogP contribution is -1.94. The highest BCUT2D eigenvalue weighted by atomic mass is 16.5. The molecule has 1 N–H and O–H groups in total. The van der Waals surface area contributed by atoms with Crippen LogP contribution in [0, 0.1) is 6.92 Å². The van der Waals surface area contributed by atoms with E-state index < -0.39 is 5.97 Å². The van der Waals surface area contributed by atoms with Crippen LogP contribution in [-0.2, 0) is 7.05 Å². The number of carboxylic acid groups (broad SMARTS) is 1. The fourth-order valence-corrected chi connectivity index (χ4v) is 2.33. The summed E-state index contributed by atoms with van der Waals surface area (Å²) in [7, 11) is 1.97. The molecule has 0 atom stereocenters. The molecule has 0 saturated heterocycles. The highest BCUT2D eigenvalue weighted by Crippen LogP contribution is 2.34. The minimum atomic E-state index is -1.09. The molecule has 3 aromatic rings. The largest absolute Gasteiger partial charge is 0.476 e. The van der Waals surface area contributed by atoms with E-state index >= 15 is 0 Å². The predicted molar refractivity (Wildman–Crippen MR) is 70.1 cm³/mol. The Morgan fingerprint density at radius 2 is 2.11 bits per heavy atom. The van der Waals surface area contributed by atoms with Crippen LogP contribution >= 0.6 is 0 Å². The second-order valence-corrected chi connectivity index (χ2v) is 4.42. The molecule has 0 radical (unpaired) electrons. The molecule has 0 aliphatic heterocycles. The van der Waals surface area contributed by atoms with Gasteiger partial charge in [0.2, 0.25) is 0 Å².